The van der Waals surface area contributed by atoms with E-state index < -0.39 is 0 Å². The van der Waals surface area contributed by atoms with E-state index in [2.05, 4.69) is 37.5 Å². The standard InChI is InChI=1S/C25H29FN6OS/c1-16-7-6-8-17(13-16)14-27-20(33)15-31(5)24-30-32-22(29-25(2,3)4)21(28-23(32)34-24)18-9-11-19(26)12-10-18/h6-13,29H,14-15H2,1-5H3,(H,27,33). The minimum atomic E-state index is -0.294. The number of benzene rings is 2. The third-order valence-electron chi connectivity index (χ3n) is 5.08. The Balaban J connectivity index is 1.54. The van der Waals surface area contributed by atoms with E-state index in [1.165, 1.54) is 23.5 Å². The number of fused-ring (bicyclic) bond motifs is 1. The maximum absolute atomic E-state index is 13.4. The molecule has 2 N–H and O–H groups in total. The molecule has 0 saturated heterocycles. The molecule has 0 fully saturated rings. The molecule has 7 nitrogen and oxygen atoms in total. The lowest BCUT2D eigenvalue weighted by Crippen LogP contribution is -2.34. The topological polar surface area (TPSA) is 74.6 Å². The van der Waals surface area contributed by atoms with Gasteiger partial charge in [-0.1, -0.05) is 41.2 Å². The number of aromatic nitrogens is 3. The van der Waals surface area contributed by atoms with Crippen molar-refractivity contribution in [2.24, 2.45) is 0 Å². The van der Waals surface area contributed by atoms with Crippen molar-refractivity contribution in [1.29, 1.82) is 0 Å². The molecule has 178 valence electrons. The lowest BCUT2D eigenvalue weighted by molar-refractivity contribution is -0.119. The zero-order valence-corrected chi connectivity index (χ0v) is 20.8. The van der Waals surface area contributed by atoms with Crippen LogP contribution in [0, 0.1) is 12.7 Å². The number of nitrogens with one attached hydrogen (secondary N) is 2. The molecule has 34 heavy (non-hydrogen) atoms. The van der Waals surface area contributed by atoms with Gasteiger partial charge in [0.1, 0.15) is 11.5 Å². The van der Waals surface area contributed by atoms with Crippen LogP contribution in [0.25, 0.3) is 16.2 Å². The van der Waals surface area contributed by atoms with Gasteiger partial charge in [-0.05, 0) is 57.5 Å². The number of likely N-dealkylation sites (N-methyl/N-ethyl adjacent to an activating group) is 1. The molecule has 0 saturated carbocycles. The van der Waals surface area contributed by atoms with E-state index >= 15 is 0 Å². The molecule has 0 unspecified atom stereocenters. The van der Waals surface area contributed by atoms with Crippen molar-refractivity contribution in [1.82, 2.24) is 19.9 Å². The van der Waals surface area contributed by atoms with E-state index in [-0.39, 0.29) is 23.8 Å². The lowest BCUT2D eigenvalue weighted by atomic mass is 10.1. The fraction of sp³-hybridized carbons (Fsp3) is 0.320. The number of aryl methyl sites for hydroxylation is 1. The number of anilines is 2. The summed E-state index contributed by atoms with van der Waals surface area (Å²) in [4.78, 5) is 19.8. The molecule has 0 radical (unpaired) electrons. The molecule has 0 aliphatic rings. The van der Waals surface area contributed by atoms with E-state index in [1.54, 1.807) is 16.6 Å². The number of hydrogen-bond acceptors (Lipinski definition) is 6. The molecule has 4 aromatic rings. The summed E-state index contributed by atoms with van der Waals surface area (Å²) < 4.78 is 15.2. The minimum absolute atomic E-state index is 0.0862. The van der Waals surface area contributed by atoms with Gasteiger partial charge >= 0.3 is 0 Å². The van der Waals surface area contributed by atoms with Crippen LogP contribution in [0.5, 0.6) is 0 Å². The van der Waals surface area contributed by atoms with Crippen LogP contribution in [0.2, 0.25) is 0 Å². The Morgan fingerprint density at radius 1 is 1.18 bits per heavy atom. The highest BCUT2D eigenvalue weighted by atomic mass is 32.1. The highest BCUT2D eigenvalue weighted by Crippen LogP contribution is 2.34. The molecule has 0 bridgehead atoms. The number of hydrogen-bond donors (Lipinski definition) is 2. The van der Waals surface area contributed by atoms with Gasteiger partial charge in [-0.2, -0.15) is 4.52 Å². The molecular weight excluding hydrogens is 451 g/mol. The van der Waals surface area contributed by atoms with Crippen molar-refractivity contribution >= 4 is 33.2 Å². The molecule has 4 rings (SSSR count). The van der Waals surface area contributed by atoms with Crippen LogP contribution in [-0.4, -0.2) is 39.6 Å². The van der Waals surface area contributed by atoms with Crippen molar-refractivity contribution in [2.75, 3.05) is 23.8 Å². The first-order valence-corrected chi connectivity index (χ1v) is 11.9. The van der Waals surface area contributed by atoms with Gasteiger partial charge < -0.3 is 15.5 Å². The van der Waals surface area contributed by atoms with E-state index in [1.807, 2.05) is 37.1 Å². The predicted molar refractivity (Wildman–Crippen MR) is 136 cm³/mol. The Morgan fingerprint density at radius 2 is 1.91 bits per heavy atom. The second-order valence-electron chi connectivity index (χ2n) is 9.39. The highest BCUT2D eigenvalue weighted by molar-refractivity contribution is 7.20. The average molecular weight is 481 g/mol. The second kappa shape index (κ2) is 9.42. The quantitative estimate of drug-likeness (QED) is 0.395. The molecule has 2 heterocycles. The molecule has 0 atom stereocenters. The number of halogens is 1. The Bertz CT molecular complexity index is 1310. The first-order valence-electron chi connectivity index (χ1n) is 11.1. The number of nitrogens with zero attached hydrogens (tertiary/aromatic N) is 4. The second-order valence-corrected chi connectivity index (χ2v) is 10.3. The maximum atomic E-state index is 13.4. The fourth-order valence-corrected chi connectivity index (χ4v) is 4.39. The van der Waals surface area contributed by atoms with Gasteiger partial charge in [0.05, 0.1) is 6.54 Å². The number of carbonyl (C=O) groups excluding carboxylic acids is 1. The number of rotatable bonds is 7. The SMILES string of the molecule is Cc1cccc(CNC(=O)CN(C)c2nn3c(NC(C)(C)C)c(-c4ccc(F)cc4)nc3s2)c1. The Labute approximate surface area is 202 Å². The highest BCUT2D eigenvalue weighted by Gasteiger charge is 2.23. The van der Waals surface area contributed by atoms with E-state index in [9.17, 15) is 9.18 Å². The number of imidazole rings is 1. The van der Waals surface area contributed by atoms with Crippen LogP contribution < -0.4 is 15.5 Å². The fourth-order valence-electron chi connectivity index (χ4n) is 3.53. The van der Waals surface area contributed by atoms with Gasteiger partial charge in [-0.15, -0.1) is 5.10 Å². The zero-order valence-electron chi connectivity index (χ0n) is 20.0. The smallest absolute Gasteiger partial charge is 0.239 e. The molecule has 9 heteroatoms. The summed E-state index contributed by atoms with van der Waals surface area (Å²) in [6, 6.07) is 14.3. The number of carbonyl (C=O) groups is 1. The monoisotopic (exact) mass is 480 g/mol. The molecule has 0 spiro atoms. The van der Waals surface area contributed by atoms with Gasteiger partial charge in [0.2, 0.25) is 16.0 Å². The van der Waals surface area contributed by atoms with Gasteiger partial charge in [0.15, 0.2) is 5.82 Å². The Kier molecular flexibility index (Phi) is 6.56. The van der Waals surface area contributed by atoms with Crippen molar-refractivity contribution in [3.05, 3.63) is 65.5 Å². The normalized spacial score (nSPS) is 11.6. The zero-order chi connectivity index (χ0) is 24.5. The van der Waals surface area contributed by atoms with E-state index in [0.29, 0.717) is 22.3 Å². The van der Waals surface area contributed by atoms with Gasteiger partial charge in [-0.3, -0.25) is 4.79 Å². The molecule has 2 aromatic carbocycles. The van der Waals surface area contributed by atoms with Crippen LogP contribution in [0.3, 0.4) is 0 Å². The van der Waals surface area contributed by atoms with Crippen LogP contribution in [0.4, 0.5) is 15.3 Å². The maximum Gasteiger partial charge on any atom is 0.239 e. The van der Waals surface area contributed by atoms with Crippen molar-refractivity contribution in [3.8, 4) is 11.3 Å². The molecular formula is C25H29FN6OS. The summed E-state index contributed by atoms with van der Waals surface area (Å²) in [5.74, 6) is 0.351. The predicted octanol–water partition coefficient (Wildman–Crippen LogP) is 4.87. The largest absolute Gasteiger partial charge is 0.364 e. The Hall–Kier alpha value is -3.46. The summed E-state index contributed by atoms with van der Waals surface area (Å²) in [6.45, 7) is 8.85. The molecule has 1 amide bonds. The number of amides is 1. The molecule has 2 aromatic heterocycles. The van der Waals surface area contributed by atoms with Crippen LogP contribution in [-0.2, 0) is 11.3 Å². The lowest BCUT2D eigenvalue weighted by Gasteiger charge is -2.22. The summed E-state index contributed by atoms with van der Waals surface area (Å²) in [5, 5.41) is 11.8. The van der Waals surface area contributed by atoms with E-state index in [0.717, 1.165) is 22.5 Å². The van der Waals surface area contributed by atoms with Crippen LogP contribution >= 0.6 is 11.3 Å². The first-order chi connectivity index (χ1) is 16.1. The summed E-state index contributed by atoms with van der Waals surface area (Å²) in [6.07, 6.45) is 0. The van der Waals surface area contributed by atoms with Crippen molar-refractivity contribution in [2.45, 2.75) is 39.8 Å². The first kappa shape index (κ1) is 23.7. The van der Waals surface area contributed by atoms with E-state index in [4.69, 9.17) is 10.1 Å². The third kappa shape index (κ3) is 5.53. The molecule has 0 aliphatic carbocycles. The Morgan fingerprint density at radius 3 is 2.59 bits per heavy atom. The average Bonchev–Trinajstić information content (AvgIpc) is 3.31. The minimum Gasteiger partial charge on any atom is -0.364 e. The third-order valence-corrected chi connectivity index (χ3v) is 6.11. The summed E-state index contributed by atoms with van der Waals surface area (Å²) >= 11 is 1.40. The van der Waals surface area contributed by atoms with Crippen molar-refractivity contribution < 1.29 is 9.18 Å². The van der Waals surface area contributed by atoms with Crippen LogP contribution in [0.15, 0.2) is 48.5 Å². The summed E-state index contributed by atoms with van der Waals surface area (Å²) in [7, 11) is 1.84. The van der Waals surface area contributed by atoms with Crippen LogP contribution in [0.1, 0.15) is 31.9 Å². The summed E-state index contributed by atoms with van der Waals surface area (Å²) in [5.41, 5.74) is 3.50. The van der Waals surface area contributed by atoms with Gasteiger partial charge in [0.25, 0.3) is 0 Å². The van der Waals surface area contributed by atoms with Gasteiger partial charge in [-0.25, -0.2) is 9.37 Å². The van der Waals surface area contributed by atoms with Gasteiger partial charge in [0, 0.05) is 24.7 Å². The molecule has 0 aliphatic heterocycles. The van der Waals surface area contributed by atoms with Crippen molar-refractivity contribution in [3.63, 3.8) is 0 Å².